The second-order valence-electron chi connectivity index (χ2n) is 4.39. The van der Waals surface area contributed by atoms with Crippen LogP contribution in [0.2, 0.25) is 0 Å². The van der Waals surface area contributed by atoms with E-state index in [1.165, 1.54) is 0 Å². The van der Waals surface area contributed by atoms with Crippen molar-refractivity contribution >= 4 is 11.6 Å². The number of likely N-dealkylation sites (tertiary alicyclic amines) is 1. The van der Waals surface area contributed by atoms with Crippen LogP contribution in [-0.4, -0.2) is 38.5 Å². The van der Waals surface area contributed by atoms with Gasteiger partial charge in [-0.2, -0.15) is 0 Å². The summed E-state index contributed by atoms with van der Waals surface area (Å²) in [6.07, 6.45) is 4.07. The molecule has 0 N–H and O–H groups in total. The number of hydrogen-bond acceptors (Lipinski definition) is 3. The maximum absolute atomic E-state index is 12.2. The van der Waals surface area contributed by atoms with Crippen molar-refractivity contribution in [3.8, 4) is 0 Å². The molecule has 0 radical (unpaired) electrons. The van der Waals surface area contributed by atoms with Gasteiger partial charge in [0.2, 0.25) is 0 Å². The SMILES string of the molecule is Cc1nnc2cc(C(=O)N3CCCC3)ccn12. The maximum Gasteiger partial charge on any atom is 0.254 e. The number of rotatable bonds is 1. The number of aryl methyl sites for hydroxylation is 1. The van der Waals surface area contributed by atoms with Crippen LogP contribution in [-0.2, 0) is 0 Å². The van der Waals surface area contributed by atoms with E-state index in [0.29, 0.717) is 5.56 Å². The van der Waals surface area contributed by atoms with Gasteiger partial charge < -0.3 is 4.90 Å². The largest absolute Gasteiger partial charge is 0.339 e. The highest BCUT2D eigenvalue weighted by atomic mass is 16.2. The van der Waals surface area contributed by atoms with E-state index in [4.69, 9.17) is 0 Å². The van der Waals surface area contributed by atoms with Gasteiger partial charge in [-0.3, -0.25) is 9.20 Å². The van der Waals surface area contributed by atoms with Crippen LogP contribution in [0.15, 0.2) is 18.3 Å². The fourth-order valence-corrected chi connectivity index (χ4v) is 2.25. The normalized spacial score (nSPS) is 15.7. The Bertz CT molecular complexity index is 569. The number of carbonyl (C=O) groups is 1. The first kappa shape index (κ1) is 10.3. The van der Waals surface area contributed by atoms with Crippen molar-refractivity contribution < 1.29 is 4.79 Å². The number of fused-ring (bicyclic) bond motifs is 1. The molecule has 0 spiro atoms. The average molecular weight is 230 g/mol. The first-order chi connectivity index (χ1) is 8.25. The molecule has 0 unspecified atom stereocenters. The molecular formula is C12H14N4O. The molecule has 1 amide bonds. The molecule has 17 heavy (non-hydrogen) atoms. The Balaban J connectivity index is 1.97. The van der Waals surface area contributed by atoms with Gasteiger partial charge in [0.15, 0.2) is 5.65 Å². The van der Waals surface area contributed by atoms with Gasteiger partial charge in [-0.25, -0.2) is 0 Å². The van der Waals surface area contributed by atoms with Crippen molar-refractivity contribution in [1.29, 1.82) is 0 Å². The zero-order chi connectivity index (χ0) is 11.8. The highest BCUT2D eigenvalue weighted by Gasteiger charge is 2.19. The average Bonchev–Trinajstić information content (AvgIpc) is 2.98. The van der Waals surface area contributed by atoms with E-state index in [9.17, 15) is 4.79 Å². The molecule has 0 bridgehead atoms. The van der Waals surface area contributed by atoms with Crippen LogP contribution in [0.1, 0.15) is 29.0 Å². The summed E-state index contributed by atoms with van der Waals surface area (Å²) in [6.45, 7) is 3.63. The Kier molecular flexibility index (Phi) is 2.31. The predicted molar refractivity (Wildman–Crippen MR) is 62.9 cm³/mol. The molecule has 0 atom stereocenters. The van der Waals surface area contributed by atoms with E-state index in [1.54, 1.807) is 6.07 Å². The van der Waals surface area contributed by atoms with Crippen molar-refractivity contribution in [2.24, 2.45) is 0 Å². The Morgan fingerprint density at radius 1 is 1.29 bits per heavy atom. The lowest BCUT2D eigenvalue weighted by Gasteiger charge is -2.14. The lowest BCUT2D eigenvalue weighted by Crippen LogP contribution is -2.27. The first-order valence-corrected chi connectivity index (χ1v) is 5.86. The minimum atomic E-state index is 0.102. The summed E-state index contributed by atoms with van der Waals surface area (Å²) in [5.74, 6) is 0.936. The summed E-state index contributed by atoms with van der Waals surface area (Å²) in [5.41, 5.74) is 1.43. The zero-order valence-electron chi connectivity index (χ0n) is 9.76. The lowest BCUT2D eigenvalue weighted by atomic mass is 10.2. The Hall–Kier alpha value is -1.91. The van der Waals surface area contributed by atoms with Crippen molar-refractivity contribution in [2.75, 3.05) is 13.1 Å². The molecule has 3 rings (SSSR count). The molecule has 88 valence electrons. The van der Waals surface area contributed by atoms with Crippen LogP contribution in [0, 0.1) is 6.92 Å². The smallest absolute Gasteiger partial charge is 0.254 e. The van der Waals surface area contributed by atoms with Crippen LogP contribution < -0.4 is 0 Å². The van der Waals surface area contributed by atoms with Crippen LogP contribution in [0.3, 0.4) is 0 Å². The van der Waals surface area contributed by atoms with Crippen molar-refractivity contribution in [2.45, 2.75) is 19.8 Å². The lowest BCUT2D eigenvalue weighted by molar-refractivity contribution is 0.0793. The van der Waals surface area contributed by atoms with Gasteiger partial charge in [-0.1, -0.05) is 0 Å². The topological polar surface area (TPSA) is 50.5 Å². The minimum absolute atomic E-state index is 0.102. The number of aromatic nitrogens is 3. The number of hydrogen-bond donors (Lipinski definition) is 0. The monoisotopic (exact) mass is 230 g/mol. The third-order valence-electron chi connectivity index (χ3n) is 3.22. The van der Waals surface area contributed by atoms with Gasteiger partial charge in [-0.15, -0.1) is 10.2 Å². The minimum Gasteiger partial charge on any atom is -0.339 e. The quantitative estimate of drug-likeness (QED) is 0.741. The predicted octanol–water partition coefficient (Wildman–Crippen LogP) is 1.27. The van der Waals surface area contributed by atoms with Crippen molar-refractivity contribution in [3.05, 3.63) is 29.7 Å². The summed E-state index contributed by atoms with van der Waals surface area (Å²) >= 11 is 0. The molecule has 3 heterocycles. The summed E-state index contributed by atoms with van der Waals surface area (Å²) in [4.78, 5) is 14.1. The van der Waals surface area contributed by atoms with Crippen LogP contribution >= 0.6 is 0 Å². The Labute approximate surface area is 99.1 Å². The fourth-order valence-electron chi connectivity index (χ4n) is 2.25. The van der Waals surface area contributed by atoms with E-state index >= 15 is 0 Å². The van der Waals surface area contributed by atoms with Gasteiger partial charge in [-0.05, 0) is 31.9 Å². The van der Waals surface area contributed by atoms with Crippen LogP contribution in [0.5, 0.6) is 0 Å². The van der Waals surface area contributed by atoms with E-state index in [0.717, 1.165) is 37.4 Å². The highest BCUT2D eigenvalue weighted by molar-refractivity contribution is 5.95. The molecule has 0 aromatic carbocycles. The van der Waals surface area contributed by atoms with Gasteiger partial charge in [0, 0.05) is 24.8 Å². The zero-order valence-corrected chi connectivity index (χ0v) is 9.76. The number of amides is 1. The van der Waals surface area contributed by atoms with Crippen LogP contribution in [0.4, 0.5) is 0 Å². The van der Waals surface area contributed by atoms with E-state index in [-0.39, 0.29) is 5.91 Å². The number of carbonyl (C=O) groups excluding carboxylic acids is 1. The standard InChI is InChI=1S/C12H14N4O/c1-9-13-14-11-8-10(4-7-16(9)11)12(17)15-5-2-3-6-15/h4,7-8H,2-3,5-6H2,1H3. The molecule has 1 aliphatic heterocycles. The van der Waals surface area contributed by atoms with E-state index in [1.807, 2.05) is 28.5 Å². The Morgan fingerprint density at radius 3 is 2.82 bits per heavy atom. The molecular weight excluding hydrogens is 216 g/mol. The van der Waals surface area contributed by atoms with Crippen molar-refractivity contribution in [3.63, 3.8) is 0 Å². The first-order valence-electron chi connectivity index (χ1n) is 5.86. The second-order valence-corrected chi connectivity index (χ2v) is 4.39. The molecule has 0 aliphatic carbocycles. The molecule has 0 saturated carbocycles. The highest BCUT2D eigenvalue weighted by Crippen LogP contribution is 2.14. The maximum atomic E-state index is 12.2. The van der Waals surface area contributed by atoms with Gasteiger partial charge in [0.1, 0.15) is 5.82 Å². The van der Waals surface area contributed by atoms with Gasteiger partial charge in [0.25, 0.3) is 5.91 Å². The summed E-state index contributed by atoms with van der Waals surface area (Å²) < 4.78 is 1.88. The van der Waals surface area contributed by atoms with Crippen molar-refractivity contribution in [1.82, 2.24) is 19.5 Å². The Morgan fingerprint density at radius 2 is 2.06 bits per heavy atom. The molecule has 5 heteroatoms. The van der Waals surface area contributed by atoms with E-state index in [2.05, 4.69) is 10.2 Å². The second kappa shape index (κ2) is 3.84. The third-order valence-corrected chi connectivity index (χ3v) is 3.22. The number of pyridine rings is 1. The fraction of sp³-hybridized carbons (Fsp3) is 0.417. The van der Waals surface area contributed by atoms with Gasteiger partial charge >= 0.3 is 0 Å². The molecule has 2 aromatic heterocycles. The molecule has 2 aromatic rings. The van der Waals surface area contributed by atoms with E-state index < -0.39 is 0 Å². The molecule has 1 aliphatic rings. The van der Waals surface area contributed by atoms with Gasteiger partial charge in [0.05, 0.1) is 0 Å². The summed E-state index contributed by atoms with van der Waals surface area (Å²) in [5, 5.41) is 8.01. The molecule has 5 nitrogen and oxygen atoms in total. The third kappa shape index (κ3) is 1.67. The summed E-state index contributed by atoms with van der Waals surface area (Å²) in [6, 6.07) is 3.64. The van der Waals surface area contributed by atoms with Crippen LogP contribution in [0.25, 0.3) is 5.65 Å². The molecule has 1 saturated heterocycles. The summed E-state index contributed by atoms with van der Waals surface area (Å²) in [7, 11) is 0. The molecule has 1 fully saturated rings. The number of nitrogens with zero attached hydrogens (tertiary/aromatic N) is 4.